The summed E-state index contributed by atoms with van der Waals surface area (Å²) in [5, 5.41) is 11.4. The molecule has 2 aromatic carbocycles. The lowest BCUT2D eigenvalue weighted by Crippen LogP contribution is -2.58. The summed E-state index contributed by atoms with van der Waals surface area (Å²) < 4.78 is 12.1. The number of hydrogen-bond acceptors (Lipinski definition) is 5. The summed E-state index contributed by atoms with van der Waals surface area (Å²) in [5.74, 6) is 1.51. The lowest BCUT2D eigenvalue weighted by atomic mass is 9.76. The molecule has 6 heteroatoms. The van der Waals surface area contributed by atoms with Gasteiger partial charge in [0.1, 0.15) is 11.5 Å². The fourth-order valence-corrected chi connectivity index (χ4v) is 4.55. The first kappa shape index (κ1) is 18.3. The molecule has 1 atom stereocenters. The van der Waals surface area contributed by atoms with E-state index < -0.39 is 5.72 Å². The predicted molar refractivity (Wildman–Crippen MR) is 109 cm³/mol. The van der Waals surface area contributed by atoms with E-state index in [0.29, 0.717) is 11.3 Å². The van der Waals surface area contributed by atoms with Crippen LogP contribution >= 0.6 is 0 Å². The number of aryl methyl sites for hydroxylation is 1. The third kappa shape index (κ3) is 2.14. The van der Waals surface area contributed by atoms with Gasteiger partial charge in [0.05, 0.1) is 17.4 Å². The van der Waals surface area contributed by atoms with Gasteiger partial charge in [0.25, 0.3) is 5.69 Å². The number of nitro benzene ring substituents is 1. The van der Waals surface area contributed by atoms with E-state index in [1.807, 2.05) is 38.3 Å². The first-order valence-electron chi connectivity index (χ1n) is 9.23. The van der Waals surface area contributed by atoms with Gasteiger partial charge in [-0.1, -0.05) is 0 Å². The maximum atomic E-state index is 11.4. The summed E-state index contributed by atoms with van der Waals surface area (Å²) in [4.78, 5) is 13.2. The summed E-state index contributed by atoms with van der Waals surface area (Å²) in [7, 11) is 3.68. The van der Waals surface area contributed by atoms with E-state index in [-0.39, 0.29) is 16.0 Å². The highest BCUT2D eigenvalue weighted by molar-refractivity contribution is 5.76. The van der Waals surface area contributed by atoms with Gasteiger partial charge in [0.2, 0.25) is 5.72 Å². The molecule has 0 saturated heterocycles. The molecule has 0 fully saturated rings. The number of rotatable bonds is 2. The first-order valence-corrected chi connectivity index (χ1v) is 9.23. The van der Waals surface area contributed by atoms with Crippen molar-refractivity contribution in [2.24, 2.45) is 0 Å². The maximum Gasteiger partial charge on any atom is 0.273 e. The fourth-order valence-electron chi connectivity index (χ4n) is 4.55. The van der Waals surface area contributed by atoms with Crippen LogP contribution in [0.1, 0.15) is 36.1 Å². The molecule has 28 heavy (non-hydrogen) atoms. The topological polar surface area (TPSA) is 64.8 Å². The zero-order valence-electron chi connectivity index (χ0n) is 17.0. The van der Waals surface area contributed by atoms with E-state index in [4.69, 9.17) is 9.47 Å². The van der Waals surface area contributed by atoms with Crippen molar-refractivity contribution in [2.45, 2.75) is 38.8 Å². The second kappa shape index (κ2) is 5.74. The molecule has 2 aromatic rings. The number of likely N-dealkylation sites (N-methyl/N-ethyl adjacent to an activating group) is 1. The molecule has 2 aliphatic rings. The Morgan fingerprint density at radius 3 is 2.57 bits per heavy atom. The van der Waals surface area contributed by atoms with Crippen molar-refractivity contribution < 1.29 is 14.4 Å². The van der Waals surface area contributed by atoms with Crippen molar-refractivity contribution in [2.75, 3.05) is 19.1 Å². The second-order valence-electron chi connectivity index (χ2n) is 8.04. The van der Waals surface area contributed by atoms with E-state index in [2.05, 4.69) is 24.8 Å². The Morgan fingerprint density at radius 2 is 1.93 bits per heavy atom. The van der Waals surface area contributed by atoms with Gasteiger partial charge in [-0.2, -0.15) is 0 Å². The Labute approximate surface area is 164 Å². The minimum atomic E-state index is -0.734. The van der Waals surface area contributed by atoms with Gasteiger partial charge in [0.15, 0.2) is 0 Å². The number of nitrogens with zero attached hydrogens (tertiary/aromatic N) is 2. The maximum absolute atomic E-state index is 11.4. The minimum absolute atomic E-state index is 0.118. The van der Waals surface area contributed by atoms with E-state index in [1.54, 1.807) is 20.1 Å². The number of nitro groups is 1. The van der Waals surface area contributed by atoms with Crippen LogP contribution in [0.25, 0.3) is 6.08 Å². The fraction of sp³-hybridized carbons (Fsp3) is 0.364. The van der Waals surface area contributed by atoms with Crippen molar-refractivity contribution in [3.63, 3.8) is 0 Å². The molecule has 0 bridgehead atoms. The quantitative estimate of drug-likeness (QED) is 0.556. The van der Waals surface area contributed by atoms with Crippen LogP contribution < -0.4 is 14.4 Å². The molecule has 146 valence electrons. The Morgan fingerprint density at radius 1 is 1.21 bits per heavy atom. The monoisotopic (exact) mass is 380 g/mol. The highest BCUT2D eigenvalue weighted by atomic mass is 16.6. The van der Waals surface area contributed by atoms with Gasteiger partial charge < -0.3 is 14.4 Å². The van der Waals surface area contributed by atoms with Crippen LogP contribution in [-0.4, -0.2) is 24.8 Å². The lowest BCUT2D eigenvalue weighted by Gasteiger charge is -2.46. The average Bonchev–Trinajstić information content (AvgIpc) is 2.82. The molecule has 1 unspecified atom stereocenters. The van der Waals surface area contributed by atoms with Crippen molar-refractivity contribution in [3.8, 4) is 11.5 Å². The van der Waals surface area contributed by atoms with Gasteiger partial charge in [-0.15, -0.1) is 0 Å². The normalized spacial score (nSPS) is 21.3. The highest BCUT2D eigenvalue weighted by Crippen LogP contribution is 2.55. The van der Waals surface area contributed by atoms with Gasteiger partial charge in [-0.3, -0.25) is 10.1 Å². The van der Waals surface area contributed by atoms with Gasteiger partial charge >= 0.3 is 0 Å². The Kier molecular flexibility index (Phi) is 3.76. The van der Waals surface area contributed by atoms with Crippen LogP contribution in [-0.2, 0) is 5.41 Å². The molecule has 0 aromatic heterocycles. The van der Waals surface area contributed by atoms with Crippen LogP contribution in [0.4, 0.5) is 11.4 Å². The SMILES string of the molecule is COc1ccc2c(c1)C(C)(C)C1(C=Cc3c(C)c([N+](=O)[O-])cc(C)c3O1)N2C. The van der Waals surface area contributed by atoms with Crippen LogP contribution in [0, 0.1) is 24.0 Å². The summed E-state index contributed by atoms with van der Waals surface area (Å²) in [6.07, 6.45) is 3.99. The Balaban J connectivity index is 1.90. The Bertz CT molecular complexity index is 1040. The summed E-state index contributed by atoms with van der Waals surface area (Å²) in [5.41, 5.74) is 3.38. The number of methoxy groups -OCH3 is 1. The molecular weight excluding hydrogens is 356 g/mol. The van der Waals surface area contributed by atoms with E-state index in [1.165, 1.54) is 0 Å². The molecule has 0 N–H and O–H groups in total. The number of fused-ring (bicyclic) bond motifs is 2. The molecule has 0 radical (unpaired) electrons. The standard InChI is InChI=1S/C22H24N2O4/c1-13-11-19(24(25)26)14(2)16-9-10-22(28-20(13)16)21(3,4)17-12-15(27-6)7-8-18(17)23(22)5/h7-12H,1-6H3. The summed E-state index contributed by atoms with van der Waals surface area (Å²) in [6.45, 7) is 7.93. The second-order valence-corrected chi connectivity index (χ2v) is 8.04. The summed E-state index contributed by atoms with van der Waals surface area (Å²) in [6, 6.07) is 7.65. The lowest BCUT2D eigenvalue weighted by molar-refractivity contribution is -0.385. The third-order valence-corrected chi connectivity index (χ3v) is 6.31. The van der Waals surface area contributed by atoms with Crippen LogP contribution in [0.5, 0.6) is 11.5 Å². The zero-order valence-corrected chi connectivity index (χ0v) is 17.0. The van der Waals surface area contributed by atoms with Gasteiger partial charge in [-0.25, -0.2) is 0 Å². The molecule has 2 aliphatic heterocycles. The van der Waals surface area contributed by atoms with Crippen molar-refractivity contribution in [1.82, 2.24) is 0 Å². The van der Waals surface area contributed by atoms with E-state index >= 15 is 0 Å². The van der Waals surface area contributed by atoms with Crippen molar-refractivity contribution in [3.05, 3.63) is 62.7 Å². The molecule has 4 rings (SSSR count). The summed E-state index contributed by atoms with van der Waals surface area (Å²) >= 11 is 0. The number of ether oxygens (including phenoxy) is 2. The third-order valence-electron chi connectivity index (χ3n) is 6.31. The van der Waals surface area contributed by atoms with Crippen LogP contribution in [0.3, 0.4) is 0 Å². The highest BCUT2D eigenvalue weighted by Gasteiger charge is 2.58. The average molecular weight is 380 g/mol. The smallest absolute Gasteiger partial charge is 0.273 e. The predicted octanol–water partition coefficient (Wildman–Crippen LogP) is 4.75. The molecule has 0 aliphatic carbocycles. The zero-order chi connectivity index (χ0) is 20.4. The number of anilines is 1. The van der Waals surface area contributed by atoms with Crippen molar-refractivity contribution >= 4 is 17.5 Å². The van der Waals surface area contributed by atoms with Crippen LogP contribution in [0.15, 0.2) is 30.3 Å². The largest absolute Gasteiger partial charge is 0.497 e. The molecular formula is C22H24N2O4. The van der Waals surface area contributed by atoms with Gasteiger partial charge in [0, 0.05) is 29.9 Å². The van der Waals surface area contributed by atoms with Gasteiger partial charge in [-0.05, 0) is 69.2 Å². The Hall–Kier alpha value is -3.02. The molecule has 2 heterocycles. The number of hydrogen-bond donors (Lipinski definition) is 0. The molecule has 1 spiro atoms. The number of benzene rings is 2. The van der Waals surface area contributed by atoms with Crippen molar-refractivity contribution in [1.29, 1.82) is 0 Å². The molecule has 0 amide bonds. The first-order chi connectivity index (χ1) is 13.1. The van der Waals surface area contributed by atoms with E-state index in [0.717, 1.165) is 28.1 Å². The van der Waals surface area contributed by atoms with Crippen LogP contribution in [0.2, 0.25) is 0 Å². The molecule has 0 saturated carbocycles. The minimum Gasteiger partial charge on any atom is -0.497 e. The molecule has 6 nitrogen and oxygen atoms in total. The van der Waals surface area contributed by atoms with E-state index in [9.17, 15) is 10.1 Å².